The van der Waals surface area contributed by atoms with Gasteiger partial charge in [-0.15, -0.1) is 0 Å². The number of aromatic nitrogens is 1. The third-order valence-corrected chi connectivity index (χ3v) is 2.95. The van der Waals surface area contributed by atoms with Crippen LogP contribution in [0.1, 0.15) is 15.9 Å². The Balaban J connectivity index is 2.62. The van der Waals surface area contributed by atoms with E-state index in [-0.39, 0.29) is 10.7 Å². The van der Waals surface area contributed by atoms with Crippen LogP contribution in [-0.2, 0) is 0 Å². The van der Waals surface area contributed by atoms with Crippen LogP contribution >= 0.6 is 23.2 Å². The van der Waals surface area contributed by atoms with E-state index in [9.17, 15) is 4.79 Å². The second-order valence-electron chi connectivity index (χ2n) is 3.52. The fourth-order valence-corrected chi connectivity index (χ4v) is 1.89. The summed E-state index contributed by atoms with van der Waals surface area (Å²) in [5.41, 5.74) is 2.02. The van der Waals surface area contributed by atoms with Crippen molar-refractivity contribution in [1.82, 2.24) is 4.98 Å². The molecule has 0 N–H and O–H groups in total. The predicted molar refractivity (Wildman–Crippen MR) is 69.8 cm³/mol. The van der Waals surface area contributed by atoms with Crippen molar-refractivity contribution < 1.29 is 4.79 Å². The smallest absolute Gasteiger partial charge is 0.150 e. The van der Waals surface area contributed by atoms with Crippen LogP contribution in [0.2, 0.25) is 10.2 Å². The van der Waals surface area contributed by atoms with Crippen molar-refractivity contribution >= 4 is 29.5 Å². The van der Waals surface area contributed by atoms with Crippen LogP contribution < -0.4 is 0 Å². The summed E-state index contributed by atoms with van der Waals surface area (Å²) in [5, 5.41) is 9.51. The molecule has 18 heavy (non-hydrogen) atoms. The summed E-state index contributed by atoms with van der Waals surface area (Å²) in [5.74, 6) is 0. The van der Waals surface area contributed by atoms with Gasteiger partial charge in [-0.3, -0.25) is 4.79 Å². The third-order valence-electron chi connectivity index (χ3n) is 2.41. The molecule has 0 aliphatic heterocycles. The van der Waals surface area contributed by atoms with Gasteiger partial charge in [0.1, 0.15) is 11.2 Å². The van der Waals surface area contributed by atoms with Gasteiger partial charge in [-0.25, -0.2) is 4.98 Å². The van der Waals surface area contributed by atoms with Crippen LogP contribution in [0.25, 0.3) is 11.1 Å². The number of halogens is 2. The number of benzene rings is 1. The summed E-state index contributed by atoms with van der Waals surface area (Å²) in [4.78, 5) is 14.9. The van der Waals surface area contributed by atoms with Crippen molar-refractivity contribution in [3.05, 3.63) is 51.8 Å². The molecule has 2 rings (SSSR count). The van der Waals surface area contributed by atoms with Crippen LogP contribution in [0.3, 0.4) is 0 Å². The second kappa shape index (κ2) is 5.18. The maximum absolute atomic E-state index is 11.0. The zero-order valence-electron chi connectivity index (χ0n) is 9.02. The van der Waals surface area contributed by atoms with Gasteiger partial charge in [-0.1, -0.05) is 29.3 Å². The van der Waals surface area contributed by atoms with Gasteiger partial charge in [-0.2, -0.15) is 5.26 Å². The Morgan fingerprint density at radius 1 is 1.28 bits per heavy atom. The average Bonchev–Trinajstić information content (AvgIpc) is 2.39. The van der Waals surface area contributed by atoms with Crippen LogP contribution in [0, 0.1) is 11.3 Å². The molecular weight excluding hydrogens is 271 g/mol. The molecule has 0 unspecified atom stereocenters. The lowest BCUT2D eigenvalue weighted by atomic mass is 10.0. The highest BCUT2D eigenvalue weighted by molar-refractivity contribution is 6.31. The van der Waals surface area contributed by atoms with Crippen LogP contribution in [0.4, 0.5) is 0 Å². The Kier molecular flexibility index (Phi) is 3.61. The van der Waals surface area contributed by atoms with Gasteiger partial charge < -0.3 is 0 Å². The van der Waals surface area contributed by atoms with Gasteiger partial charge >= 0.3 is 0 Å². The van der Waals surface area contributed by atoms with E-state index in [2.05, 4.69) is 4.98 Å². The topological polar surface area (TPSA) is 53.8 Å². The number of hydrogen-bond acceptors (Lipinski definition) is 3. The monoisotopic (exact) mass is 276 g/mol. The van der Waals surface area contributed by atoms with E-state index >= 15 is 0 Å². The van der Waals surface area contributed by atoms with E-state index in [1.165, 1.54) is 6.20 Å². The van der Waals surface area contributed by atoms with Gasteiger partial charge in [0.25, 0.3) is 0 Å². The molecule has 0 radical (unpaired) electrons. The van der Waals surface area contributed by atoms with E-state index in [0.29, 0.717) is 28.0 Å². The largest absolute Gasteiger partial charge is 0.298 e. The summed E-state index contributed by atoms with van der Waals surface area (Å²) < 4.78 is 0. The normalized spacial score (nSPS) is 9.83. The summed E-state index contributed by atoms with van der Waals surface area (Å²) >= 11 is 11.6. The van der Waals surface area contributed by atoms with Crippen LogP contribution in [0.15, 0.2) is 30.5 Å². The fourth-order valence-electron chi connectivity index (χ4n) is 1.57. The first-order valence-corrected chi connectivity index (χ1v) is 5.72. The molecule has 0 atom stereocenters. The Labute approximate surface area is 114 Å². The molecule has 0 fully saturated rings. The predicted octanol–water partition coefficient (Wildman–Crippen LogP) is 3.74. The lowest BCUT2D eigenvalue weighted by Crippen LogP contribution is -1.90. The number of carbonyl (C=O) groups is 1. The second-order valence-corrected chi connectivity index (χ2v) is 4.32. The van der Waals surface area contributed by atoms with E-state index < -0.39 is 0 Å². The number of pyridine rings is 1. The number of hydrogen-bond donors (Lipinski definition) is 0. The summed E-state index contributed by atoms with van der Waals surface area (Å²) in [6.45, 7) is 0. The van der Waals surface area contributed by atoms with Crippen molar-refractivity contribution in [2.24, 2.45) is 0 Å². The van der Waals surface area contributed by atoms with Crippen molar-refractivity contribution in [2.45, 2.75) is 0 Å². The van der Waals surface area contributed by atoms with Crippen molar-refractivity contribution in [3.8, 4) is 17.2 Å². The molecule has 0 saturated heterocycles. The lowest BCUT2D eigenvalue weighted by molar-refractivity contribution is 0.112. The first-order valence-electron chi connectivity index (χ1n) is 4.96. The molecular formula is C13H6Cl2N2O. The van der Waals surface area contributed by atoms with Crippen molar-refractivity contribution in [1.29, 1.82) is 5.26 Å². The molecule has 1 heterocycles. The van der Waals surface area contributed by atoms with Gasteiger partial charge in [0, 0.05) is 22.3 Å². The average molecular weight is 277 g/mol. The maximum Gasteiger partial charge on any atom is 0.150 e. The Hall–Kier alpha value is -1.89. The van der Waals surface area contributed by atoms with Gasteiger partial charge in [0.2, 0.25) is 0 Å². The van der Waals surface area contributed by atoms with Crippen LogP contribution in [0.5, 0.6) is 0 Å². The molecule has 88 valence electrons. The first kappa shape index (κ1) is 12.6. The van der Waals surface area contributed by atoms with E-state index in [1.54, 1.807) is 24.3 Å². The Morgan fingerprint density at radius 2 is 2.06 bits per heavy atom. The number of rotatable bonds is 2. The number of nitriles is 1. The highest BCUT2D eigenvalue weighted by Crippen LogP contribution is 2.27. The highest BCUT2D eigenvalue weighted by Gasteiger charge is 2.09. The molecule has 1 aromatic heterocycles. The maximum atomic E-state index is 11.0. The first-order chi connectivity index (χ1) is 8.65. The highest BCUT2D eigenvalue weighted by atomic mass is 35.5. The molecule has 0 spiro atoms. The summed E-state index contributed by atoms with van der Waals surface area (Å²) in [6.07, 6.45) is 2.22. The summed E-state index contributed by atoms with van der Waals surface area (Å²) in [7, 11) is 0. The van der Waals surface area contributed by atoms with Crippen molar-refractivity contribution in [2.75, 3.05) is 0 Å². The molecule has 0 bridgehead atoms. The summed E-state index contributed by atoms with van der Waals surface area (Å²) in [6, 6.07) is 8.47. The van der Waals surface area contributed by atoms with Gasteiger partial charge in [0.15, 0.2) is 6.29 Å². The molecule has 0 saturated carbocycles. The molecule has 2 aromatic rings. The molecule has 1 aromatic carbocycles. The SMILES string of the molecule is N#Cc1cc(-c2ccc(Cl)cc2C=O)cnc1Cl. The third kappa shape index (κ3) is 2.35. The fraction of sp³-hybridized carbons (Fsp3) is 0. The van der Waals surface area contributed by atoms with Crippen molar-refractivity contribution in [3.63, 3.8) is 0 Å². The van der Waals surface area contributed by atoms with E-state index in [4.69, 9.17) is 28.5 Å². The molecule has 0 amide bonds. The Bertz CT molecular complexity index is 663. The molecule has 0 aliphatic rings. The van der Waals surface area contributed by atoms with E-state index in [1.807, 2.05) is 6.07 Å². The molecule has 3 nitrogen and oxygen atoms in total. The Morgan fingerprint density at radius 3 is 2.72 bits per heavy atom. The zero-order chi connectivity index (χ0) is 13.1. The number of nitrogens with zero attached hydrogens (tertiary/aromatic N) is 2. The number of carbonyl (C=O) groups excluding carboxylic acids is 1. The minimum Gasteiger partial charge on any atom is -0.298 e. The minimum atomic E-state index is 0.142. The van der Waals surface area contributed by atoms with Crippen LogP contribution in [-0.4, -0.2) is 11.3 Å². The lowest BCUT2D eigenvalue weighted by Gasteiger charge is -2.06. The molecule has 0 aliphatic carbocycles. The quantitative estimate of drug-likeness (QED) is 0.620. The minimum absolute atomic E-state index is 0.142. The van der Waals surface area contributed by atoms with E-state index in [0.717, 1.165) is 0 Å². The number of aldehydes is 1. The zero-order valence-corrected chi connectivity index (χ0v) is 10.5. The van der Waals surface area contributed by atoms with Gasteiger partial charge in [-0.05, 0) is 23.8 Å². The standard InChI is InChI=1S/C13H6Cl2N2O/c14-11-1-2-12(10(4-11)7-18)9-3-8(5-16)13(15)17-6-9/h1-4,6-7H. The molecule has 5 heteroatoms. The van der Waals surface area contributed by atoms with Gasteiger partial charge in [0.05, 0.1) is 5.56 Å².